The predicted octanol–water partition coefficient (Wildman–Crippen LogP) is 5.92. The molecule has 226 valence electrons. The van der Waals surface area contributed by atoms with E-state index in [2.05, 4.69) is 73.4 Å². The number of aryl methyl sites for hydroxylation is 1. The number of hydrogen-bond acceptors (Lipinski definition) is 8. The maximum Gasteiger partial charge on any atom is 0.268 e. The highest BCUT2D eigenvalue weighted by Gasteiger charge is 2.21. The molecule has 9 nitrogen and oxygen atoms in total. The lowest BCUT2D eigenvalue weighted by Gasteiger charge is -2.24. The van der Waals surface area contributed by atoms with Crippen molar-refractivity contribution in [3.63, 3.8) is 0 Å². The van der Waals surface area contributed by atoms with E-state index in [0.29, 0.717) is 22.7 Å². The molecule has 2 aromatic carbocycles. The van der Waals surface area contributed by atoms with Gasteiger partial charge in [0, 0.05) is 25.1 Å². The molecule has 0 atom stereocenters. The number of hydrazine groups is 1. The minimum Gasteiger partial charge on any atom is -0.492 e. The van der Waals surface area contributed by atoms with E-state index in [1.165, 1.54) is 35.8 Å². The third-order valence-electron chi connectivity index (χ3n) is 6.32. The number of allylic oxidation sites excluding steroid dienone is 6. The molecule has 10 heteroatoms. The van der Waals surface area contributed by atoms with Crippen molar-refractivity contribution in [1.29, 1.82) is 0 Å². The first-order valence-electron chi connectivity index (χ1n) is 13.5. The van der Waals surface area contributed by atoms with E-state index in [1.54, 1.807) is 25.3 Å². The molecule has 7 N–H and O–H groups in total. The molecule has 0 aromatic heterocycles. The van der Waals surface area contributed by atoms with Crippen LogP contribution in [0.2, 0.25) is 0 Å². The van der Waals surface area contributed by atoms with Crippen LogP contribution in [-0.2, 0) is 10.2 Å². The zero-order valence-corrected chi connectivity index (χ0v) is 26.6. The Labute approximate surface area is 254 Å². The first-order valence-corrected chi connectivity index (χ1v) is 14.7. The molecule has 2 aromatic rings. The van der Waals surface area contributed by atoms with Crippen molar-refractivity contribution in [1.82, 2.24) is 5.32 Å². The van der Waals surface area contributed by atoms with E-state index in [1.807, 2.05) is 25.3 Å². The van der Waals surface area contributed by atoms with Gasteiger partial charge in [-0.05, 0) is 61.1 Å². The maximum atomic E-state index is 13.2. The SMILES string of the molecule is CC1=CC=CC=CC1.CNC(=O)/C(N)=C/N(N)c1cc(C(=O)Nc2cc(C(C)(C)C)cc(NSC)c2OC)ccc1C. The molecule has 1 aliphatic carbocycles. The highest BCUT2D eigenvalue weighted by molar-refractivity contribution is 7.99. The van der Waals surface area contributed by atoms with Crippen molar-refractivity contribution < 1.29 is 14.3 Å². The van der Waals surface area contributed by atoms with E-state index in [9.17, 15) is 9.59 Å². The average molecular weight is 593 g/mol. The number of likely N-dealkylation sites (N-methyl/N-ethyl adjacent to an activating group) is 1. The fraction of sp³-hybridized carbons (Fsp3) is 0.312. The quantitative estimate of drug-likeness (QED) is 0.110. The number of carbonyl (C=O) groups is 2. The van der Waals surface area contributed by atoms with Crippen LogP contribution in [0.5, 0.6) is 5.75 Å². The van der Waals surface area contributed by atoms with Crippen molar-refractivity contribution in [2.45, 2.75) is 46.5 Å². The summed E-state index contributed by atoms with van der Waals surface area (Å²) in [7, 11) is 3.04. The Balaban J connectivity index is 0.000000661. The smallest absolute Gasteiger partial charge is 0.268 e. The van der Waals surface area contributed by atoms with Crippen molar-refractivity contribution in [2.24, 2.45) is 11.6 Å². The van der Waals surface area contributed by atoms with Gasteiger partial charge in [-0.25, -0.2) is 5.84 Å². The Kier molecular flexibility index (Phi) is 12.8. The third kappa shape index (κ3) is 9.74. The van der Waals surface area contributed by atoms with Crippen LogP contribution < -0.4 is 36.7 Å². The molecule has 0 spiro atoms. The summed E-state index contributed by atoms with van der Waals surface area (Å²) >= 11 is 1.44. The summed E-state index contributed by atoms with van der Waals surface area (Å²) in [5.41, 5.74) is 11.0. The number of ether oxygens (including phenoxy) is 1. The van der Waals surface area contributed by atoms with Gasteiger partial charge in [0.1, 0.15) is 5.70 Å². The second-order valence-corrected chi connectivity index (χ2v) is 11.3. The van der Waals surface area contributed by atoms with Gasteiger partial charge in [-0.2, -0.15) is 0 Å². The van der Waals surface area contributed by atoms with Gasteiger partial charge in [-0.15, -0.1) is 0 Å². The number of methoxy groups -OCH3 is 1. The molecule has 3 rings (SSSR count). The fourth-order valence-corrected chi connectivity index (χ4v) is 4.26. The molecule has 0 saturated carbocycles. The topological polar surface area (TPSA) is 135 Å². The van der Waals surface area contributed by atoms with Gasteiger partial charge in [0.05, 0.1) is 24.2 Å². The zero-order chi connectivity index (χ0) is 31.4. The second kappa shape index (κ2) is 15.7. The number of nitrogens with zero attached hydrogens (tertiary/aromatic N) is 1. The molecule has 0 heterocycles. The van der Waals surface area contributed by atoms with Gasteiger partial charge in [-0.3, -0.25) is 14.6 Å². The molecule has 0 fully saturated rings. The lowest BCUT2D eigenvalue weighted by atomic mass is 9.86. The van der Waals surface area contributed by atoms with Crippen LogP contribution in [-0.4, -0.2) is 32.2 Å². The first-order chi connectivity index (χ1) is 19.8. The number of benzene rings is 2. The van der Waals surface area contributed by atoms with Crippen LogP contribution in [0.3, 0.4) is 0 Å². The van der Waals surface area contributed by atoms with Gasteiger partial charge < -0.3 is 25.8 Å². The van der Waals surface area contributed by atoms with Crippen LogP contribution in [0, 0.1) is 6.92 Å². The summed E-state index contributed by atoms with van der Waals surface area (Å²) in [6.07, 6.45) is 14.8. The highest BCUT2D eigenvalue weighted by atomic mass is 32.2. The van der Waals surface area contributed by atoms with Crippen LogP contribution in [0.1, 0.15) is 55.6 Å². The molecule has 0 unspecified atom stereocenters. The van der Waals surface area contributed by atoms with Crippen molar-refractivity contribution in [2.75, 3.05) is 35.5 Å². The van der Waals surface area contributed by atoms with E-state index in [-0.39, 0.29) is 17.0 Å². The Bertz CT molecular complexity index is 1390. The van der Waals surface area contributed by atoms with E-state index in [4.69, 9.17) is 16.3 Å². The van der Waals surface area contributed by atoms with Gasteiger partial charge in [0.15, 0.2) is 5.75 Å². The number of nitrogens with two attached hydrogens (primary N) is 2. The van der Waals surface area contributed by atoms with Crippen molar-refractivity contribution in [3.8, 4) is 5.75 Å². The molecule has 0 saturated heterocycles. The number of carbonyl (C=O) groups excluding carboxylic acids is 2. The van der Waals surface area contributed by atoms with Gasteiger partial charge in [-0.1, -0.05) is 74.7 Å². The Morgan fingerprint density at radius 1 is 1.07 bits per heavy atom. The normalized spacial score (nSPS) is 12.8. The van der Waals surface area contributed by atoms with Gasteiger partial charge in [0.25, 0.3) is 11.8 Å². The van der Waals surface area contributed by atoms with Crippen LogP contribution in [0.4, 0.5) is 17.1 Å². The fourth-order valence-electron chi connectivity index (χ4n) is 3.89. The summed E-state index contributed by atoms with van der Waals surface area (Å²) in [5, 5.41) is 6.62. The molecule has 2 amide bonds. The summed E-state index contributed by atoms with van der Waals surface area (Å²) in [4.78, 5) is 24.9. The molecule has 1 aliphatic rings. The summed E-state index contributed by atoms with van der Waals surface area (Å²) in [5.74, 6) is 5.85. The Morgan fingerprint density at radius 2 is 1.76 bits per heavy atom. The minimum atomic E-state index is -0.456. The monoisotopic (exact) mass is 592 g/mol. The maximum absolute atomic E-state index is 13.2. The number of nitrogens with one attached hydrogen (secondary N) is 3. The van der Waals surface area contributed by atoms with Crippen LogP contribution >= 0.6 is 11.9 Å². The van der Waals surface area contributed by atoms with Crippen molar-refractivity contribution >= 4 is 40.8 Å². The molecule has 0 bridgehead atoms. The van der Waals surface area contributed by atoms with Gasteiger partial charge >= 0.3 is 0 Å². The Morgan fingerprint density at radius 3 is 2.38 bits per heavy atom. The van der Waals surface area contributed by atoms with Crippen LogP contribution in [0.25, 0.3) is 0 Å². The average Bonchev–Trinajstić information content (AvgIpc) is 3.19. The van der Waals surface area contributed by atoms with Crippen molar-refractivity contribution in [3.05, 3.63) is 94.9 Å². The lowest BCUT2D eigenvalue weighted by molar-refractivity contribution is -0.117. The summed E-state index contributed by atoms with van der Waals surface area (Å²) < 4.78 is 8.84. The molecular formula is C32H44N6O3S. The highest BCUT2D eigenvalue weighted by Crippen LogP contribution is 2.39. The third-order valence-corrected chi connectivity index (χ3v) is 6.74. The molecular weight excluding hydrogens is 548 g/mol. The van der Waals surface area contributed by atoms with Crippen LogP contribution in [0.15, 0.2) is 78.2 Å². The summed E-state index contributed by atoms with van der Waals surface area (Å²) in [6, 6.07) is 9.05. The predicted molar refractivity (Wildman–Crippen MR) is 178 cm³/mol. The minimum absolute atomic E-state index is 0.0585. The number of hydrogen-bond donors (Lipinski definition) is 5. The molecule has 0 radical (unpaired) electrons. The second-order valence-electron chi connectivity index (χ2n) is 10.7. The summed E-state index contributed by atoms with van der Waals surface area (Å²) in [6.45, 7) is 10.3. The first kappa shape index (κ1) is 34.1. The van der Waals surface area contributed by atoms with E-state index < -0.39 is 5.91 Å². The van der Waals surface area contributed by atoms with Gasteiger partial charge in [0.2, 0.25) is 0 Å². The number of anilines is 3. The van der Waals surface area contributed by atoms with E-state index in [0.717, 1.165) is 23.2 Å². The number of amides is 2. The zero-order valence-electron chi connectivity index (χ0n) is 25.8. The lowest BCUT2D eigenvalue weighted by Crippen LogP contribution is -2.31. The molecule has 0 aliphatic heterocycles. The Hall–Kier alpha value is -4.15. The standard InChI is InChI=1S/C24H34N6O3S.C8H10/c1-14-8-9-15(10-20(14)30(26)13-17(25)23(32)27-5)22(31)28-18-11-16(24(2,3)4)12-19(29-34-7)21(18)33-6;1-8-6-4-2-3-5-7-8/h8-13,29H,25-26H2,1-7H3,(H,27,32)(H,28,31);2-6H,7H2,1H3/b17-13-;. The largest absolute Gasteiger partial charge is 0.492 e. The molecule has 42 heavy (non-hydrogen) atoms. The van der Waals surface area contributed by atoms with E-state index >= 15 is 0 Å². The number of rotatable bonds is 8.